The van der Waals surface area contributed by atoms with E-state index >= 15 is 0 Å². The molecule has 1 N–H and O–H groups in total. The van der Waals surface area contributed by atoms with Crippen LogP contribution in [0, 0.1) is 13.8 Å². The average Bonchev–Trinajstić information content (AvgIpc) is 3.21. The smallest absolute Gasteiger partial charge is 0.295 e. The molecule has 1 heterocycles. The van der Waals surface area contributed by atoms with Gasteiger partial charge in [-0.25, -0.2) is 9.67 Å². The highest BCUT2D eigenvalue weighted by atomic mass is 35.5. The van der Waals surface area contributed by atoms with Crippen LogP contribution in [0.1, 0.15) is 21.7 Å². The molecular weight excluding hydrogens is 412 g/mol. The summed E-state index contributed by atoms with van der Waals surface area (Å²) in [5.41, 5.74) is 4.20. The number of amides is 1. The highest BCUT2D eigenvalue weighted by Gasteiger charge is 2.19. The molecule has 0 radical (unpaired) electrons. The number of nitrogens with zero attached hydrogens (tertiary/aromatic N) is 3. The Morgan fingerprint density at radius 3 is 2.58 bits per heavy atom. The predicted molar refractivity (Wildman–Crippen MR) is 122 cm³/mol. The van der Waals surface area contributed by atoms with Crippen LogP contribution < -0.4 is 10.1 Å². The number of ether oxygens (including phenoxy) is 1. The van der Waals surface area contributed by atoms with E-state index in [4.69, 9.17) is 16.3 Å². The number of anilines is 1. The van der Waals surface area contributed by atoms with Gasteiger partial charge in [0.1, 0.15) is 5.75 Å². The average molecular weight is 433 g/mol. The lowest BCUT2D eigenvalue weighted by molar-refractivity contribution is 0.101. The molecule has 31 heavy (non-hydrogen) atoms. The monoisotopic (exact) mass is 432 g/mol. The van der Waals surface area contributed by atoms with Gasteiger partial charge in [-0.3, -0.25) is 4.79 Å². The third-order valence-electron chi connectivity index (χ3n) is 4.81. The maximum Gasteiger partial charge on any atom is 0.295 e. The van der Waals surface area contributed by atoms with Crippen LogP contribution in [0.3, 0.4) is 0 Å². The van der Waals surface area contributed by atoms with Gasteiger partial charge in [0.15, 0.2) is 5.82 Å². The van der Waals surface area contributed by atoms with Crippen molar-refractivity contribution >= 4 is 23.2 Å². The highest BCUT2D eigenvalue weighted by molar-refractivity contribution is 6.31. The second kappa shape index (κ2) is 8.62. The summed E-state index contributed by atoms with van der Waals surface area (Å²) in [6.07, 6.45) is 0. The zero-order chi connectivity index (χ0) is 22.0. The molecule has 3 aromatic carbocycles. The van der Waals surface area contributed by atoms with Gasteiger partial charge < -0.3 is 10.1 Å². The minimum absolute atomic E-state index is 0.0519. The molecule has 6 nitrogen and oxygen atoms in total. The maximum atomic E-state index is 12.9. The van der Waals surface area contributed by atoms with Crippen LogP contribution in [0.4, 0.5) is 5.69 Å². The molecule has 0 atom stereocenters. The van der Waals surface area contributed by atoms with Gasteiger partial charge in [-0.1, -0.05) is 47.5 Å². The Morgan fingerprint density at radius 1 is 1.03 bits per heavy atom. The molecule has 0 aliphatic heterocycles. The molecule has 1 amide bonds. The lowest BCUT2D eigenvalue weighted by Crippen LogP contribution is -2.14. The van der Waals surface area contributed by atoms with E-state index in [1.54, 1.807) is 36.1 Å². The summed E-state index contributed by atoms with van der Waals surface area (Å²) < 4.78 is 6.85. The number of benzene rings is 3. The van der Waals surface area contributed by atoms with Gasteiger partial charge >= 0.3 is 0 Å². The fraction of sp³-hybridized carbons (Fsp3) is 0.125. The van der Waals surface area contributed by atoms with Gasteiger partial charge in [-0.05, 0) is 49.7 Å². The minimum atomic E-state index is -0.417. The van der Waals surface area contributed by atoms with Gasteiger partial charge in [0.25, 0.3) is 5.91 Å². The second-order valence-corrected chi connectivity index (χ2v) is 7.57. The molecule has 0 unspecified atom stereocenters. The van der Waals surface area contributed by atoms with E-state index in [1.807, 2.05) is 56.3 Å². The molecule has 4 rings (SSSR count). The molecule has 0 fully saturated rings. The van der Waals surface area contributed by atoms with E-state index in [1.165, 1.54) is 0 Å². The largest absolute Gasteiger partial charge is 0.497 e. The predicted octanol–water partition coefficient (Wildman–Crippen LogP) is 5.47. The number of aryl methyl sites for hydroxylation is 2. The number of rotatable bonds is 5. The Balaban J connectivity index is 1.77. The van der Waals surface area contributed by atoms with Gasteiger partial charge in [0, 0.05) is 22.3 Å². The lowest BCUT2D eigenvalue weighted by Gasteiger charge is -2.08. The number of hydrogen-bond donors (Lipinski definition) is 1. The van der Waals surface area contributed by atoms with Crippen molar-refractivity contribution in [3.63, 3.8) is 0 Å². The molecular formula is C24H21ClN4O2. The Morgan fingerprint density at radius 2 is 1.84 bits per heavy atom. The summed E-state index contributed by atoms with van der Waals surface area (Å²) in [7, 11) is 1.57. The van der Waals surface area contributed by atoms with E-state index in [2.05, 4.69) is 15.4 Å². The number of carbonyl (C=O) groups excluding carboxylic acids is 1. The Hall–Kier alpha value is -3.64. The Bertz CT molecular complexity index is 1270. The third kappa shape index (κ3) is 4.44. The molecule has 0 saturated carbocycles. The fourth-order valence-electron chi connectivity index (χ4n) is 3.16. The number of aromatic nitrogens is 3. The minimum Gasteiger partial charge on any atom is -0.497 e. The van der Waals surface area contributed by atoms with Gasteiger partial charge in [0.05, 0.1) is 12.8 Å². The molecule has 156 valence electrons. The van der Waals surface area contributed by atoms with Crippen LogP contribution in [0.25, 0.3) is 17.1 Å². The first-order chi connectivity index (χ1) is 14.9. The van der Waals surface area contributed by atoms with E-state index in [0.717, 1.165) is 22.4 Å². The summed E-state index contributed by atoms with van der Waals surface area (Å²) in [5.74, 6) is 0.834. The molecule has 0 aliphatic carbocycles. The summed E-state index contributed by atoms with van der Waals surface area (Å²) in [4.78, 5) is 17.5. The quantitative estimate of drug-likeness (QED) is 0.454. The SMILES string of the molecule is COc1cccc(NC(=O)c2nc(-c3cccc(C)c3)n(-c3ccc(C)c(Cl)c3)n2)c1. The summed E-state index contributed by atoms with van der Waals surface area (Å²) >= 11 is 6.34. The molecule has 0 spiro atoms. The van der Waals surface area contributed by atoms with Crippen molar-refractivity contribution in [1.82, 2.24) is 14.8 Å². The molecule has 1 aromatic heterocycles. The van der Waals surface area contributed by atoms with Crippen molar-refractivity contribution in [1.29, 1.82) is 0 Å². The first-order valence-corrected chi connectivity index (χ1v) is 10.1. The van der Waals surface area contributed by atoms with Crippen LogP contribution in [0.5, 0.6) is 5.75 Å². The van der Waals surface area contributed by atoms with Crippen molar-refractivity contribution in [3.8, 4) is 22.8 Å². The first-order valence-electron chi connectivity index (χ1n) is 9.70. The molecule has 4 aromatic rings. The molecule has 0 saturated heterocycles. The zero-order valence-corrected chi connectivity index (χ0v) is 18.1. The second-order valence-electron chi connectivity index (χ2n) is 7.16. The van der Waals surface area contributed by atoms with E-state index in [9.17, 15) is 4.79 Å². The van der Waals surface area contributed by atoms with Crippen molar-refractivity contribution in [3.05, 3.63) is 88.7 Å². The number of hydrogen-bond acceptors (Lipinski definition) is 4. The fourth-order valence-corrected chi connectivity index (χ4v) is 3.34. The molecule has 0 bridgehead atoms. The van der Waals surface area contributed by atoms with Crippen LogP contribution in [0.15, 0.2) is 66.7 Å². The zero-order valence-electron chi connectivity index (χ0n) is 17.4. The Labute approximate surface area is 185 Å². The number of carbonyl (C=O) groups is 1. The summed E-state index contributed by atoms with van der Waals surface area (Å²) in [6.45, 7) is 3.94. The van der Waals surface area contributed by atoms with Crippen LogP contribution in [-0.4, -0.2) is 27.8 Å². The summed E-state index contributed by atoms with van der Waals surface area (Å²) in [6, 6.07) is 20.6. The van der Waals surface area contributed by atoms with Crippen LogP contribution in [0.2, 0.25) is 5.02 Å². The van der Waals surface area contributed by atoms with Gasteiger partial charge in [0.2, 0.25) is 5.82 Å². The lowest BCUT2D eigenvalue weighted by atomic mass is 10.1. The molecule has 0 aliphatic rings. The number of halogens is 1. The highest BCUT2D eigenvalue weighted by Crippen LogP contribution is 2.26. The first kappa shape index (κ1) is 20.6. The van der Waals surface area contributed by atoms with Crippen LogP contribution >= 0.6 is 11.6 Å². The van der Waals surface area contributed by atoms with E-state index < -0.39 is 5.91 Å². The van der Waals surface area contributed by atoms with Crippen molar-refractivity contribution in [2.45, 2.75) is 13.8 Å². The maximum absolute atomic E-state index is 12.9. The van der Waals surface area contributed by atoms with Gasteiger partial charge in [-0.15, -0.1) is 5.10 Å². The summed E-state index contributed by atoms with van der Waals surface area (Å²) in [5, 5.41) is 7.94. The van der Waals surface area contributed by atoms with Crippen molar-refractivity contribution in [2.75, 3.05) is 12.4 Å². The number of nitrogens with one attached hydrogen (secondary N) is 1. The van der Waals surface area contributed by atoms with Crippen molar-refractivity contribution < 1.29 is 9.53 Å². The number of methoxy groups -OCH3 is 1. The molecule has 7 heteroatoms. The standard InChI is InChI=1S/C24H21ClN4O2/c1-15-6-4-7-17(12-15)23-27-22(24(30)26-18-8-5-9-20(13-18)31-3)28-29(23)19-11-10-16(2)21(25)14-19/h4-14H,1-3H3,(H,26,30). The topological polar surface area (TPSA) is 69.0 Å². The van der Waals surface area contributed by atoms with E-state index in [-0.39, 0.29) is 5.82 Å². The van der Waals surface area contributed by atoms with Gasteiger partial charge in [-0.2, -0.15) is 0 Å². The van der Waals surface area contributed by atoms with E-state index in [0.29, 0.717) is 22.3 Å². The van der Waals surface area contributed by atoms with Crippen LogP contribution in [-0.2, 0) is 0 Å². The Kier molecular flexibility index (Phi) is 5.73. The third-order valence-corrected chi connectivity index (χ3v) is 5.22. The normalized spacial score (nSPS) is 10.7. The van der Waals surface area contributed by atoms with Crippen molar-refractivity contribution in [2.24, 2.45) is 0 Å².